The van der Waals surface area contributed by atoms with E-state index in [0.717, 1.165) is 30.6 Å². The Labute approximate surface area is 149 Å². The van der Waals surface area contributed by atoms with E-state index < -0.39 is 10.0 Å². The molecule has 1 amide bonds. The van der Waals surface area contributed by atoms with Gasteiger partial charge < -0.3 is 4.90 Å². The Balaban J connectivity index is 1.82. The molecule has 2 aliphatic rings. The van der Waals surface area contributed by atoms with Crippen LogP contribution in [0.1, 0.15) is 18.9 Å². The molecule has 136 valence electrons. The maximum atomic E-state index is 13.0. The van der Waals surface area contributed by atoms with Crippen molar-refractivity contribution in [1.29, 1.82) is 0 Å². The van der Waals surface area contributed by atoms with Gasteiger partial charge in [-0.25, -0.2) is 8.42 Å². The fraction of sp³-hybridized carbons (Fsp3) is 0.500. The van der Waals surface area contributed by atoms with Gasteiger partial charge in [-0.05, 0) is 36.6 Å². The highest BCUT2D eigenvalue weighted by atomic mass is 32.2. The molecule has 0 aliphatic carbocycles. The van der Waals surface area contributed by atoms with Gasteiger partial charge in [-0.3, -0.25) is 9.69 Å². The van der Waals surface area contributed by atoms with Crippen LogP contribution in [0.3, 0.4) is 0 Å². The van der Waals surface area contributed by atoms with E-state index in [1.165, 1.54) is 0 Å². The number of nitrogens with zero attached hydrogens (tertiary/aromatic N) is 3. The minimum Gasteiger partial charge on any atom is -0.312 e. The zero-order valence-corrected chi connectivity index (χ0v) is 15.5. The smallest absolute Gasteiger partial charge is 0.243 e. The predicted molar refractivity (Wildman–Crippen MR) is 98.2 cm³/mol. The Kier molecular flexibility index (Phi) is 5.27. The van der Waals surface area contributed by atoms with E-state index in [1.807, 2.05) is 6.08 Å². The van der Waals surface area contributed by atoms with Crippen molar-refractivity contribution in [3.8, 4) is 0 Å². The van der Waals surface area contributed by atoms with Crippen molar-refractivity contribution in [2.45, 2.75) is 24.7 Å². The first kappa shape index (κ1) is 18.1. The lowest BCUT2D eigenvalue weighted by molar-refractivity contribution is -0.116. The Morgan fingerprint density at radius 1 is 1.20 bits per heavy atom. The molecule has 0 spiro atoms. The zero-order valence-electron chi connectivity index (χ0n) is 14.6. The van der Waals surface area contributed by atoms with Gasteiger partial charge in [0.1, 0.15) is 0 Å². The van der Waals surface area contributed by atoms with Crippen LogP contribution in [0.5, 0.6) is 0 Å². The third kappa shape index (κ3) is 3.63. The van der Waals surface area contributed by atoms with Crippen molar-refractivity contribution >= 4 is 21.6 Å². The van der Waals surface area contributed by atoms with Crippen molar-refractivity contribution in [1.82, 2.24) is 9.21 Å². The van der Waals surface area contributed by atoms with Gasteiger partial charge in [-0.1, -0.05) is 6.08 Å². The summed E-state index contributed by atoms with van der Waals surface area (Å²) in [6.45, 7) is 9.17. The van der Waals surface area contributed by atoms with Crippen LogP contribution in [0.2, 0.25) is 0 Å². The molecule has 0 N–H and O–H groups in total. The fourth-order valence-electron chi connectivity index (χ4n) is 3.55. The SMILES string of the molecule is C=CCN1CCN(S(=O)(=O)c2ccc3c(c2)CCCN3C(C)=O)CC1. The van der Waals surface area contributed by atoms with Gasteiger partial charge in [0.15, 0.2) is 0 Å². The molecule has 1 fully saturated rings. The van der Waals surface area contributed by atoms with Gasteiger partial charge in [0.2, 0.25) is 15.9 Å². The van der Waals surface area contributed by atoms with Crippen LogP contribution in [0.25, 0.3) is 0 Å². The summed E-state index contributed by atoms with van der Waals surface area (Å²) in [5.41, 5.74) is 1.78. The highest BCUT2D eigenvalue weighted by molar-refractivity contribution is 7.89. The summed E-state index contributed by atoms with van der Waals surface area (Å²) in [5, 5.41) is 0. The van der Waals surface area contributed by atoms with E-state index in [2.05, 4.69) is 11.5 Å². The highest BCUT2D eigenvalue weighted by Crippen LogP contribution is 2.30. The van der Waals surface area contributed by atoms with Crippen molar-refractivity contribution in [2.75, 3.05) is 44.2 Å². The number of carbonyl (C=O) groups is 1. The van der Waals surface area contributed by atoms with Gasteiger partial charge >= 0.3 is 0 Å². The third-order valence-electron chi connectivity index (χ3n) is 4.91. The lowest BCUT2D eigenvalue weighted by atomic mass is 10.0. The monoisotopic (exact) mass is 363 g/mol. The van der Waals surface area contributed by atoms with Gasteiger partial charge in [-0.2, -0.15) is 4.31 Å². The molecule has 0 aromatic heterocycles. The largest absolute Gasteiger partial charge is 0.312 e. The first-order chi connectivity index (χ1) is 11.9. The standard InChI is InChI=1S/C18H25N3O3S/c1-3-8-19-10-12-20(13-11-19)25(23,24)17-6-7-18-16(14-17)5-4-9-21(18)15(2)22/h3,6-7,14H,1,4-5,8-13H2,2H3. The maximum absolute atomic E-state index is 13.0. The van der Waals surface area contributed by atoms with Crippen LogP contribution in [-0.2, 0) is 21.2 Å². The lowest BCUT2D eigenvalue weighted by Gasteiger charge is -2.34. The Morgan fingerprint density at radius 3 is 2.56 bits per heavy atom. The number of benzene rings is 1. The van der Waals surface area contributed by atoms with Crippen molar-refractivity contribution in [3.05, 3.63) is 36.4 Å². The molecule has 3 rings (SSSR count). The molecule has 0 unspecified atom stereocenters. The molecule has 0 bridgehead atoms. The number of carbonyl (C=O) groups excluding carboxylic acids is 1. The summed E-state index contributed by atoms with van der Waals surface area (Å²) in [6.07, 6.45) is 3.50. The summed E-state index contributed by atoms with van der Waals surface area (Å²) in [5.74, 6) is -0.00472. The van der Waals surface area contributed by atoms with Crippen molar-refractivity contribution in [2.24, 2.45) is 0 Å². The molecule has 6 nitrogen and oxygen atoms in total. The molecule has 2 aliphatic heterocycles. The molecule has 25 heavy (non-hydrogen) atoms. The summed E-state index contributed by atoms with van der Waals surface area (Å²) < 4.78 is 27.5. The van der Waals surface area contributed by atoms with Gasteiger partial charge in [-0.15, -0.1) is 6.58 Å². The Morgan fingerprint density at radius 2 is 1.92 bits per heavy atom. The minimum atomic E-state index is -3.49. The zero-order chi connectivity index (χ0) is 18.0. The second kappa shape index (κ2) is 7.27. The van der Waals surface area contributed by atoms with Crippen LogP contribution >= 0.6 is 0 Å². The molecule has 1 aromatic rings. The third-order valence-corrected chi connectivity index (χ3v) is 6.80. The number of fused-ring (bicyclic) bond motifs is 1. The molecule has 7 heteroatoms. The minimum absolute atomic E-state index is 0.00472. The number of sulfonamides is 1. The van der Waals surface area contributed by atoms with Gasteiger partial charge in [0.05, 0.1) is 4.90 Å². The number of hydrogen-bond donors (Lipinski definition) is 0. The van der Waals surface area contributed by atoms with Crippen LogP contribution < -0.4 is 4.90 Å². The van der Waals surface area contributed by atoms with Crippen molar-refractivity contribution in [3.63, 3.8) is 0 Å². The average molecular weight is 363 g/mol. The fourth-order valence-corrected chi connectivity index (χ4v) is 5.02. The molecule has 0 radical (unpaired) electrons. The van der Waals surface area contributed by atoms with Crippen molar-refractivity contribution < 1.29 is 13.2 Å². The number of rotatable bonds is 4. The highest BCUT2D eigenvalue weighted by Gasteiger charge is 2.29. The van der Waals surface area contributed by atoms with Crippen LogP contribution in [0, 0.1) is 0 Å². The molecule has 0 saturated carbocycles. The number of hydrogen-bond acceptors (Lipinski definition) is 4. The van der Waals surface area contributed by atoms with Gasteiger partial charge in [0, 0.05) is 51.9 Å². The number of aryl methyl sites for hydroxylation is 1. The molecular formula is C18H25N3O3S. The predicted octanol–water partition coefficient (Wildman–Crippen LogP) is 1.48. The Hall–Kier alpha value is -1.70. The second-order valence-corrected chi connectivity index (χ2v) is 8.50. The average Bonchev–Trinajstić information content (AvgIpc) is 2.61. The summed E-state index contributed by atoms with van der Waals surface area (Å²) in [6, 6.07) is 5.15. The summed E-state index contributed by atoms with van der Waals surface area (Å²) in [7, 11) is -3.49. The quantitative estimate of drug-likeness (QED) is 0.760. The van der Waals surface area contributed by atoms with E-state index in [1.54, 1.807) is 34.3 Å². The van der Waals surface area contributed by atoms with Crippen LogP contribution in [0.4, 0.5) is 5.69 Å². The molecule has 2 heterocycles. The molecule has 1 saturated heterocycles. The first-order valence-electron chi connectivity index (χ1n) is 8.68. The van der Waals surface area contributed by atoms with E-state index in [9.17, 15) is 13.2 Å². The van der Waals surface area contributed by atoms with E-state index in [-0.39, 0.29) is 5.91 Å². The Bertz CT molecular complexity index is 768. The normalized spacial score (nSPS) is 19.5. The van der Waals surface area contributed by atoms with Crippen LogP contribution in [0.15, 0.2) is 35.7 Å². The van der Waals surface area contributed by atoms with Gasteiger partial charge in [0.25, 0.3) is 0 Å². The summed E-state index contributed by atoms with van der Waals surface area (Å²) in [4.78, 5) is 16.0. The maximum Gasteiger partial charge on any atom is 0.243 e. The van der Waals surface area contributed by atoms with E-state index in [0.29, 0.717) is 37.6 Å². The number of piperazine rings is 1. The second-order valence-electron chi connectivity index (χ2n) is 6.56. The van der Waals surface area contributed by atoms with E-state index in [4.69, 9.17) is 0 Å². The van der Waals surface area contributed by atoms with E-state index >= 15 is 0 Å². The molecular weight excluding hydrogens is 338 g/mol. The number of anilines is 1. The van der Waals surface area contributed by atoms with Crippen LogP contribution in [-0.4, -0.2) is 62.8 Å². The molecule has 0 atom stereocenters. The topological polar surface area (TPSA) is 60.9 Å². The number of amides is 1. The molecule has 1 aromatic carbocycles. The summed E-state index contributed by atoms with van der Waals surface area (Å²) >= 11 is 0. The lowest BCUT2D eigenvalue weighted by Crippen LogP contribution is -2.48. The first-order valence-corrected chi connectivity index (χ1v) is 10.1.